The molecule has 0 atom stereocenters. The van der Waals surface area contributed by atoms with Gasteiger partial charge in [-0.2, -0.15) is 5.10 Å². The highest BCUT2D eigenvalue weighted by Gasteiger charge is 2.34. The van der Waals surface area contributed by atoms with Crippen molar-refractivity contribution in [1.82, 2.24) is 20.1 Å². The zero-order chi connectivity index (χ0) is 15.4. The number of nitrogens with one attached hydrogen (secondary N) is 1. The van der Waals surface area contributed by atoms with Crippen LogP contribution in [0.2, 0.25) is 0 Å². The summed E-state index contributed by atoms with van der Waals surface area (Å²) in [6.45, 7) is 4.48. The Morgan fingerprint density at radius 2 is 2.23 bits per heavy atom. The molecule has 1 aliphatic carbocycles. The highest BCUT2D eigenvalue weighted by molar-refractivity contribution is 5.19. The minimum absolute atomic E-state index is 0.434. The number of hydrogen-bond donors (Lipinski definition) is 2. The maximum absolute atomic E-state index is 10.8. The maximum atomic E-state index is 10.8. The molecular formula is C17H22N4O. The summed E-state index contributed by atoms with van der Waals surface area (Å²) in [6.07, 6.45) is 12.5. The molecule has 1 aliphatic rings. The quantitative estimate of drug-likeness (QED) is 0.889. The lowest BCUT2D eigenvalue weighted by molar-refractivity contribution is -0.00875. The van der Waals surface area contributed by atoms with E-state index in [0.717, 1.165) is 43.4 Å². The van der Waals surface area contributed by atoms with Crippen molar-refractivity contribution < 1.29 is 5.11 Å². The Hall–Kier alpha value is -1.98. The van der Waals surface area contributed by atoms with E-state index in [1.54, 1.807) is 23.3 Å². The molecule has 3 rings (SSSR count). The summed E-state index contributed by atoms with van der Waals surface area (Å²) >= 11 is 0. The van der Waals surface area contributed by atoms with Gasteiger partial charge >= 0.3 is 0 Å². The number of nitrogens with zero attached hydrogens (tertiary/aromatic N) is 3. The molecule has 22 heavy (non-hydrogen) atoms. The molecule has 5 nitrogen and oxygen atoms in total. The Labute approximate surface area is 130 Å². The summed E-state index contributed by atoms with van der Waals surface area (Å²) < 4.78 is 1.71. The van der Waals surface area contributed by atoms with Crippen LogP contribution in [0.15, 0.2) is 43.5 Å². The van der Waals surface area contributed by atoms with Gasteiger partial charge in [0.05, 0.1) is 11.8 Å². The summed E-state index contributed by atoms with van der Waals surface area (Å²) in [5, 5.41) is 18.5. The van der Waals surface area contributed by atoms with Crippen molar-refractivity contribution in [2.24, 2.45) is 0 Å². The standard InChI is InChI=1S/C17H22N4O/c1-2-21-13-14(11-20-21)10-19-16-5-7-17(22,8-6-16)15-4-3-9-18-12-15/h2-4,9,11-13,16,19,22H,1,5-8,10H2. The van der Waals surface area contributed by atoms with E-state index in [-0.39, 0.29) is 0 Å². The fourth-order valence-corrected chi connectivity index (χ4v) is 3.06. The van der Waals surface area contributed by atoms with Gasteiger partial charge in [-0.15, -0.1) is 0 Å². The monoisotopic (exact) mass is 298 g/mol. The van der Waals surface area contributed by atoms with Crippen molar-refractivity contribution in [3.63, 3.8) is 0 Å². The largest absolute Gasteiger partial charge is 0.385 e. The maximum Gasteiger partial charge on any atom is 0.0912 e. The molecule has 2 heterocycles. The van der Waals surface area contributed by atoms with Gasteiger partial charge in [0, 0.05) is 48.5 Å². The van der Waals surface area contributed by atoms with Gasteiger partial charge in [0.1, 0.15) is 0 Å². The molecule has 2 N–H and O–H groups in total. The predicted octanol–water partition coefficient (Wildman–Crippen LogP) is 2.30. The minimum atomic E-state index is -0.722. The molecule has 0 aliphatic heterocycles. The summed E-state index contributed by atoms with van der Waals surface area (Å²) in [7, 11) is 0. The van der Waals surface area contributed by atoms with E-state index in [1.165, 1.54) is 0 Å². The van der Waals surface area contributed by atoms with Crippen LogP contribution in [-0.4, -0.2) is 25.9 Å². The van der Waals surface area contributed by atoms with Crippen LogP contribution in [0, 0.1) is 0 Å². The molecule has 1 fully saturated rings. The normalized spacial score (nSPS) is 25.0. The third kappa shape index (κ3) is 3.26. The SMILES string of the molecule is C=Cn1cc(CNC2CCC(O)(c3cccnc3)CC2)cn1. The first-order valence-corrected chi connectivity index (χ1v) is 7.71. The smallest absolute Gasteiger partial charge is 0.0912 e. The fraction of sp³-hybridized carbons (Fsp3) is 0.412. The van der Waals surface area contributed by atoms with Crippen LogP contribution in [0.1, 0.15) is 36.8 Å². The first kappa shape index (κ1) is 14.9. The van der Waals surface area contributed by atoms with E-state index in [4.69, 9.17) is 0 Å². The molecule has 2 aromatic rings. The van der Waals surface area contributed by atoms with Gasteiger partial charge in [-0.1, -0.05) is 12.6 Å². The van der Waals surface area contributed by atoms with Crippen LogP contribution >= 0.6 is 0 Å². The van der Waals surface area contributed by atoms with E-state index in [9.17, 15) is 5.11 Å². The van der Waals surface area contributed by atoms with Gasteiger partial charge in [-0.05, 0) is 31.7 Å². The van der Waals surface area contributed by atoms with Crippen LogP contribution in [0.25, 0.3) is 6.20 Å². The molecule has 0 spiro atoms. The molecule has 0 unspecified atom stereocenters. The Kier molecular flexibility index (Phi) is 4.36. The van der Waals surface area contributed by atoms with E-state index < -0.39 is 5.60 Å². The Balaban J connectivity index is 1.52. The second kappa shape index (κ2) is 6.42. The number of pyridine rings is 1. The Morgan fingerprint density at radius 3 is 2.86 bits per heavy atom. The zero-order valence-corrected chi connectivity index (χ0v) is 12.7. The summed E-state index contributed by atoms with van der Waals surface area (Å²) in [5.41, 5.74) is 1.36. The zero-order valence-electron chi connectivity index (χ0n) is 12.7. The third-order valence-electron chi connectivity index (χ3n) is 4.45. The highest BCUT2D eigenvalue weighted by atomic mass is 16.3. The van der Waals surface area contributed by atoms with E-state index in [1.807, 2.05) is 24.5 Å². The topological polar surface area (TPSA) is 63.0 Å². The van der Waals surface area contributed by atoms with Crippen molar-refractivity contribution in [3.8, 4) is 0 Å². The molecule has 0 bridgehead atoms. The first-order valence-electron chi connectivity index (χ1n) is 7.71. The van der Waals surface area contributed by atoms with Crippen molar-refractivity contribution in [3.05, 3.63) is 54.6 Å². The average molecular weight is 298 g/mol. The van der Waals surface area contributed by atoms with E-state index in [0.29, 0.717) is 6.04 Å². The van der Waals surface area contributed by atoms with Gasteiger partial charge < -0.3 is 10.4 Å². The van der Waals surface area contributed by atoms with Crippen LogP contribution in [0.4, 0.5) is 0 Å². The second-order valence-corrected chi connectivity index (χ2v) is 5.94. The summed E-state index contributed by atoms with van der Waals surface area (Å²) in [5.74, 6) is 0. The van der Waals surface area contributed by atoms with Crippen molar-refractivity contribution >= 4 is 6.20 Å². The first-order chi connectivity index (χ1) is 10.7. The molecular weight excluding hydrogens is 276 g/mol. The van der Waals surface area contributed by atoms with E-state index >= 15 is 0 Å². The molecule has 0 aromatic carbocycles. The van der Waals surface area contributed by atoms with Gasteiger partial charge in [-0.3, -0.25) is 4.98 Å². The lowest BCUT2D eigenvalue weighted by atomic mass is 9.78. The van der Waals surface area contributed by atoms with Gasteiger partial charge in [0.25, 0.3) is 0 Å². The number of aromatic nitrogens is 3. The average Bonchev–Trinajstić information content (AvgIpc) is 3.03. The number of aliphatic hydroxyl groups is 1. The Bertz CT molecular complexity index is 615. The van der Waals surface area contributed by atoms with E-state index in [2.05, 4.69) is 22.0 Å². The van der Waals surface area contributed by atoms with Gasteiger partial charge in [-0.25, -0.2) is 4.68 Å². The molecule has 0 saturated heterocycles. The minimum Gasteiger partial charge on any atom is -0.385 e. The van der Waals surface area contributed by atoms with Crippen LogP contribution in [0.5, 0.6) is 0 Å². The van der Waals surface area contributed by atoms with Crippen molar-refractivity contribution in [1.29, 1.82) is 0 Å². The molecule has 1 saturated carbocycles. The molecule has 0 radical (unpaired) electrons. The molecule has 2 aromatic heterocycles. The number of hydrogen-bond acceptors (Lipinski definition) is 4. The van der Waals surface area contributed by atoms with Crippen molar-refractivity contribution in [2.45, 2.75) is 43.9 Å². The summed E-state index contributed by atoms with van der Waals surface area (Å²) in [6, 6.07) is 4.28. The third-order valence-corrected chi connectivity index (χ3v) is 4.45. The predicted molar refractivity (Wildman–Crippen MR) is 85.8 cm³/mol. The van der Waals surface area contributed by atoms with Crippen LogP contribution in [0.3, 0.4) is 0 Å². The van der Waals surface area contributed by atoms with Gasteiger partial charge in [0.2, 0.25) is 0 Å². The lowest BCUT2D eigenvalue weighted by Crippen LogP contribution is -2.39. The molecule has 116 valence electrons. The summed E-state index contributed by atoms with van der Waals surface area (Å²) in [4.78, 5) is 4.12. The van der Waals surface area contributed by atoms with Crippen LogP contribution in [-0.2, 0) is 12.1 Å². The molecule has 5 heteroatoms. The highest BCUT2D eigenvalue weighted by Crippen LogP contribution is 2.36. The lowest BCUT2D eigenvalue weighted by Gasteiger charge is -2.36. The fourth-order valence-electron chi connectivity index (χ4n) is 3.06. The van der Waals surface area contributed by atoms with Crippen LogP contribution < -0.4 is 5.32 Å². The van der Waals surface area contributed by atoms with Gasteiger partial charge in [0.15, 0.2) is 0 Å². The Morgan fingerprint density at radius 1 is 1.41 bits per heavy atom. The second-order valence-electron chi connectivity index (χ2n) is 5.94. The van der Waals surface area contributed by atoms with Crippen molar-refractivity contribution in [2.75, 3.05) is 0 Å². The molecule has 0 amide bonds. The number of rotatable bonds is 5.